The van der Waals surface area contributed by atoms with Crippen LogP contribution in [-0.4, -0.2) is 24.6 Å². The third-order valence-electron chi connectivity index (χ3n) is 3.30. The van der Waals surface area contributed by atoms with E-state index in [2.05, 4.69) is 40.8 Å². The van der Waals surface area contributed by atoms with Crippen LogP contribution in [0, 0.1) is 0 Å². The van der Waals surface area contributed by atoms with E-state index in [1.807, 2.05) is 0 Å². The summed E-state index contributed by atoms with van der Waals surface area (Å²) in [6, 6.07) is 8.47. The molecular weight excluding hydrogens is 222 g/mol. The van der Waals surface area contributed by atoms with Crippen LogP contribution in [0.1, 0.15) is 24.8 Å². The van der Waals surface area contributed by atoms with Crippen LogP contribution >= 0.6 is 0 Å². The fraction of sp³-hybridized carbons (Fsp3) is 0.467. The molecule has 0 spiro atoms. The van der Waals surface area contributed by atoms with Gasteiger partial charge in [-0.3, -0.25) is 0 Å². The Bertz CT molecular complexity index is 461. The molecule has 1 heterocycles. The molecule has 1 aromatic heterocycles. The molecule has 0 saturated heterocycles. The van der Waals surface area contributed by atoms with E-state index in [0.29, 0.717) is 0 Å². The van der Waals surface area contributed by atoms with Gasteiger partial charge in [0, 0.05) is 17.1 Å². The molecule has 2 rings (SSSR count). The highest BCUT2D eigenvalue weighted by atomic mass is 14.8. The summed E-state index contributed by atoms with van der Waals surface area (Å²) in [5.74, 6) is 0. The average Bonchev–Trinajstić information content (AvgIpc) is 2.81. The van der Waals surface area contributed by atoms with Crippen molar-refractivity contribution in [3.63, 3.8) is 0 Å². The number of H-pyrrole nitrogens is 1. The molecule has 0 radical (unpaired) electrons. The van der Waals surface area contributed by atoms with Crippen LogP contribution in [0.15, 0.2) is 30.5 Å². The van der Waals surface area contributed by atoms with E-state index in [1.54, 1.807) is 0 Å². The summed E-state index contributed by atoms with van der Waals surface area (Å²) in [5, 5.41) is 4.84. The maximum absolute atomic E-state index is 5.46. The van der Waals surface area contributed by atoms with Gasteiger partial charge in [0.2, 0.25) is 0 Å². The SMILES string of the molecule is NCCCCCNCCc1c[nH]c2ccccc12. The lowest BCUT2D eigenvalue weighted by molar-refractivity contribution is 0.607. The normalized spacial score (nSPS) is 11.2. The first-order valence-corrected chi connectivity index (χ1v) is 6.87. The Balaban J connectivity index is 1.70. The fourth-order valence-electron chi connectivity index (χ4n) is 2.26. The number of fused-ring (bicyclic) bond motifs is 1. The topological polar surface area (TPSA) is 53.8 Å². The summed E-state index contributed by atoms with van der Waals surface area (Å²) in [6.07, 6.45) is 6.81. The third-order valence-corrected chi connectivity index (χ3v) is 3.30. The lowest BCUT2D eigenvalue weighted by atomic mass is 10.1. The van der Waals surface area contributed by atoms with Gasteiger partial charge in [-0.15, -0.1) is 0 Å². The van der Waals surface area contributed by atoms with Gasteiger partial charge in [-0.1, -0.05) is 24.6 Å². The first-order chi connectivity index (χ1) is 8.92. The van der Waals surface area contributed by atoms with Gasteiger partial charge in [-0.25, -0.2) is 0 Å². The Morgan fingerprint density at radius 1 is 1.06 bits per heavy atom. The third kappa shape index (κ3) is 3.59. The van der Waals surface area contributed by atoms with Crippen molar-refractivity contribution in [2.75, 3.05) is 19.6 Å². The molecule has 0 fully saturated rings. The molecule has 0 aliphatic carbocycles. The van der Waals surface area contributed by atoms with Crippen LogP contribution < -0.4 is 11.1 Å². The quantitative estimate of drug-likeness (QED) is 0.626. The Labute approximate surface area is 109 Å². The molecule has 0 atom stereocenters. The van der Waals surface area contributed by atoms with Gasteiger partial charge in [0.1, 0.15) is 0 Å². The molecule has 2 aromatic rings. The molecule has 18 heavy (non-hydrogen) atoms. The molecule has 0 aliphatic rings. The van der Waals surface area contributed by atoms with Gasteiger partial charge in [0.25, 0.3) is 0 Å². The molecule has 0 saturated carbocycles. The van der Waals surface area contributed by atoms with Crippen LogP contribution in [0.2, 0.25) is 0 Å². The van der Waals surface area contributed by atoms with E-state index in [4.69, 9.17) is 5.73 Å². The van der Waals surface area contributed by atoms with Crippen LogP contribution in [0.3, 0.4) is 0 Å². The monoisotopic (exact) mass is 245 g/mol. The fourth-order valence-corrected chi connectivity index (χ4v) is 2.26. The van der Waals surface area contributed by atoms with E-state index in [-0.39, 0.29) is 0 Å². The number of rotatable bonds is 8. The molecule has 0 amide bonds. The first kappa shape index (κ1) is 13.1. The number of nitrogens with two attached hydrogens (primary N) is 1. The summed E-state index contributed by atoms with van der Waals surface area (Å²) in [6.45, 7) is 2.96. The number of hydrogen-bond acceptors (Lipinski definition) is 2. The number of para-hydroxylation sites is 1. The highest BCUT2D eigenvalue weighted by Gasteiger charge is 2.01. The van der Waals surface area contributed by atoms with E-state index < -0.39 is 0 Å². The maximum Gasteiger partial charge on any atom is 0.0456 e. The van der Waals surface area contributed by atoms with Gasteiger partial charge >= 0.3 is 0 Å². The summed E-state index contributed by atoms with van der Waals surface area (Å²) < 4.78 is 0. The molecule has 3 heteroatoms. The number of aromatic amines is 1. The van der Waals surface area contributed by atoms with Crippen LogP contribution in [-0.2, 0) is 6.42 Å². The Morgan fingerprint density at radius 3 is 2.83 bits per heavy atom. The van der Waals surface area contributed by atoms with Crippen molar-refractivity contribution < 1.29 is 0 Å². The standard InChI is InChI=1S/C15H23N3/c16-9-4-1-5-10-17-11-8-13-12-18-15-7-3-2-6-14(13)15/h2-3,6-7,12,17-18H,1,4-5,8-11,16H2. The maximum atomic E-state index is 5.46. The Morgan fingerprint density at radius 2 is 1.94 bits per heavy atom. The van der Waals surface area contributed by atoms with Crippen molar-refractivity contribution in [3.8, 4) is 0 Å². The van der Waals surface area contributed by atoms with E-state index in [0.717, 1.165) is 32.5 Å². The van der Waals surface area contributed by atoms with E-state index in [9.17, 15) is 0 Å². The number of aromatic nitrogens is 1. The van der Waals surface area contributed by atoms with E-state index >= 15 is 0 Å². The van der Waals surface area contributed by atoms with Crippen molar-refractivity contribution in [2.24, 2.45) is 5.73 Å². The summed E-state index contributed by atoms with van der Waals surface area (Å²) >= 11 is 0. The molecule has 4 N–H and O–H groups in total. The lowest BCUT2D eigenvalue weighted by Crippen LogP contribution is -2.18. The largest absolute Gasteiger partial charge is 0.361 e. The Hall–Kier alpha value is -1.32. The predicted octanol–water partition coefficient (Wildman–Crippen LogP) is 2.43. The second-order valence-electron chi connectivity index (χ2n) is 4.71. The number of unbranched alkanes of at least 4 members (excludes halogenated alkanes) is 2. The number of hydrogen-bond donors (Lipinski definition) is 3. The van der Waals surface area contributed by atoms with Crippen LogP contribution in [0.4, 0.5) is 0 Å². The van der Waals surface area contributed by atoms with Crippen LogP contribution in [0.25, 0.3) is 10.9 Å². The molecule has 0 aliphatic heterocycles. The number of benzene rings is 1. The molecule has 0 unspecified atom stereocenters. The summed E-state index contributed by atoms with van der Waals surface area (Å²) in [4.78, 5) is 3.32. The van der Waals surface area contributed by atoms with Crippen LogP contribution in [0.5, 0.6) is 0 Å². The molecule has 0 bridgehead atoms. The van der Waals surface area contributed by atoms with Crippen molar-refractivity contribution in [3.05, 3.63) is 36.0 Å². The van der Waals surface area contributed by atoms with Crippen molar-refractivity contribution in [1.29, 1.82) is 0 Å². The number of nitrogens with one attached hydrogen (secondary N) is 2. The second kappa shape index (κ2) is 7.19. The summed E-state index contributed by atoms with van der Waals surface area (Å²) in [5.41, 5.74) is 8.10. The minimum atomic E-state index is 0.815. The molecule has 3 nitrogen and oxygen atoms in total. The first-order valence-electron chi connectivity index (χ1n) is 6.87. The minimum absolute atomic E-state index is 0.815. The smallest absolute Gasteiger partial charge is 0.0456 e. The summed E-state index contributed by atoms with van der Waals surface area (Å²) in [7, 11) is 0. The van der Waals surface area contributed by atoms with Gasteiger partial charge in [0.15, 0.2) is 0 Å². The average molecular weight is 245 g/mol. The van der Waals surface area contributed by atoms with Gasteiger partial charge in [-0.2, -0.15) is 0 Å². The zero-order valence-corrected chi connectivity index (χ0v) is 10.9. The van der Waals surface area contributed by atoms with Gasteiger partial charge in [0.05, 0.1) is 0 Å². The predicted molar refractivity (Wildman–Crippen MR) is 77.8 cm³/mol. The van der Waals surface area contributed by atoms with Gasteiger partial charge in [-0.05, 0) is 50.5 Å². The van der Waals surface area contributed by atoms with Crippen molar-refractivity contribution in [2.45, 2.75) is 25.7 Å². The highest BCUT2D eigenvalue weighted by molar-refractivity contribution is 5.83. The molecular formula is C15H23N3. The van der Waals surface area contributed by atoms with Crippen molar-refractivity contribution >= 4 is 10.9 Å². The van der Waals surface area contributed by atoms with Crippen molar-refractivity contribution in [1.82, 2.24) is 10.3 Å². The molecule has 1 aromatic carbocycles. The lowest BCUT2D eigenvalue weighted by Gasteiger charge is -2.04. The minimum Gasteiger partial charge on any atom is -0.361 e. The Kier molecular flexibility index (Phi) is 5.24. The zero-order valence-electron chi connectivity index (χ0n) is 10.9. The van der Waals surface area contributed by atoms with E-state index in [1.165, 1.54) is 29.3 Å². The highest BCUT2D eigenvalue weighted by Crippen LogP contribution is 2.17. The molecule has 98 valence electrons. The second-order valence-corrected chi connectivity index (χ2v) is 4.71. The van der Waals surface area contributed by atoms with Gasteiger partial charge < -0.3 is 16.0 Å². The zero-order chi connectivity index (χ0) is 12.6.